The van der Waals surface area contributed by atoms with Crippen LogP contribution in [0.4, 0.5) is 13.2 Å². The summed E-state index contributed by atoms with van der Waals surface area (Å²) in [6.07, 6.45) is 0.0856. The van der Waals surface area contributed by atoms with Gasteiger partial charge in [-0.1, -0.05) is 12.1 Å². The fourth-order valence-electron chi connectivity index (χ4n) is 2.71. The van der Waals surface area contributed by atoms with E-state index in [1.807, 2.05) is 0 Å². The van der Waals surface area contributed by atoms with Gasteiger partial charge in [0.2, 0.25) is 0 Å². The topological polar surface area (TPSA) is 62.9 Å². The number of hydrogen-bond acceptors (Lipinski definition) is 3. The van der Waals surface area contributed by atoms with Crippen LogP contribution >= 0.6 is 24.0 Å². The van der Waals surface area contributed by atoms with Crippen LogP contribution in [0.2, 0.25) is 0 Å². The molecule has 1 aliphatic rings. The van der Waals surface area contributed by atoms with Gasteiger partial charge in [-0.25, -0.2) is 4.99 Å². The molecule has 0 amide bonds. The lowest BCUT2D eigenvalue weighted by atomic mass is 10.2. The van der Waals surface area contributed by atoms with Gasteiger partial charge >= 0.3 is 6.36 Å². The van der Waals surface area contributed by atoms with Gasteiger partial charge in [0, 0.05) is 6.54 Å². The van der Waals surface area contributed by atoms with Crippen molar-refractivity contribution in [2.75, 3.05) is 26.2 Å². The van der Waals surface area contributed by atoms with Crippen LogP contribution in [0.15, 0.2) is 29.3 Å². The minimum atomic E-state index is -4.68. The summed E-state index contributed by atoms with van der Waals surface area (Å²) in [5.41, 5.74) is 6.55. The van der Waals surface area contributed by atoms with Crippen LogP contribution in [-0.2, 0) is 6.54 Å². The monoisotopic (exact) mass is 486 g/mol. The third-order valence-corrected chi connectivity index (χ3v) is 3.99. The Morgan fingerprint density at radius 1 is 1.15 bits per heavy atom. The van der Waals surface area contributed by atoms with Crippen molar-refractivity contribution in [3.63, 3.8) is 0 Å². The Morgan fingerprint density at radius 3 is 2.42 bits per heavy atom. The van der Waals surface area contributed by atoms with Gasteiger partial charge in [0.25, 0.3) is 0 Å². The van der Waals surface area contributed by atoms with Crippen LogP contribution in [-0.4, -0.2) is 43.4 Å². The summed E-state index contributed by atoms with van der Waals surface area (Å²) in [6.45, 7) is 4.62. The molecule has 0 atom stereocenters. The summed E-state index contributed by atoms with van der Waals surface area (Å²) >= 11 is 0. The van der Waals surface area contributed by atoms with Crippen LogP contribution in [0.3, 0.4) is 0 Å². The van der Waals surface area contributed by atoms with Crippen molar-refractivity contribution in [1.82, 2.24) is 10.2 Å². The summed E-state index contributed by atoms with van der Waals surface area (Å²) in [5, 5.41) is 3.06. The molecule has 0 aromatic heterocycles. The summed E-state index contributed by atoms with van der Waals surface area (Å²) < 4.78 is 40.1. The van der Waals surface area contributed by atoms with Crippen molar-refractivity contribution >= 4 is 29.9 Å². The van der Waals surface area contributed by atoms with Gasteiger partial charge in [-0.3, -0.25) is 0 Å². The molecule has 148 valence electrons. The number of nitrogens with one attached hydrogen (secondary N) is 1. The van der Waals surface area contributed by atoms with Crippen LogP contribution < -0.4 is 15.8 Å². The third-order valence-electron chi connectivity index (χ3n) is 3.99. The molecule has 1 saturated heterocycles. The quantitative estimate of drug-likeness (QED) is 0.256. The number of benzene rings is 1. The summed E-state index contributed by atoms with van der Waals surface area (Å²) in [5.74, 6) is 0.0983. The zero-order valence-electron chi connectivity index (χ0n) is 14.6. The maximum Gasteiger partial charge on any atom is 0.573 e. The zero-order chi connectivity index (χ0) is 18.1. The number of hydrogen-bond donors (Lipinski definition) is 2. The Kier molecular flexibility index (Phi) is 10.1. The highest BCUT2D eigenvalue weighted by Gasteiger charge is 2.30. The number of likely N-dealkylation sites (tertiary alicyclic amines) is 1. The second kappa shape index (κ2) is 11.5. The van der Waals surface area contributed by atoms with Crippen LogP contribution in [0.25, 0.3) is 0 Å². The zero-order valence-corrected chi connectivity index (χ0v) is 16.9. The lowest BCUT2D eigenvalue weighted by Gasteiger charge is -2.14. The van der Waals surface area contributed by atoms with Crippen LogP contribution in [0.1, 0.15) is 31.2 Å². The van der Waals surface area contributed by atoms with Crippen molar-refractivity contribution in [1.29, 1.82) is 0 Å². The van der Waals surface area contributed by atoms with Gasteiger partial charge in [0.05, 0.1) is 6.54 Å². The minimum absolute atomic E-state index is 0. The Hall–Kier alpha value is -1.23. The molecular formula is C17H26F3IN4O. The fourth-order valence-corrected chi connectivity index (χ4v) is 2.71. The molecule has 26 heavy (non-hydrogen) atoms. The van der Waals surface area contributed by atoms with Crippen molar-refractivity contribution in [2.24, 2.45) is 10.7 Å². The van der Waals surface area contributed by atoms with Crippen LogP contribution in [0.5, 0.6) is 5.75 Å². The predicted molar refractivity (Wildman–Crippen MR) is 107 cm³/mol. The van der Waals surface area contributed by atoms with E-state index >= 15 is 0 Å². The van der Waals surface area contributed by atoms with Gasteiger partial charge in [-0.05, 0) is 63.0 Å². The van der Waals surface area contributed by atoms with Crippen molar-refractivity contribution in [3.05, 3.63) is 29.8 Å². The molecule has 0 aliphatic carbocycles. The highest BCUT2D eigenvalue weighted by molar-refractivity contribution is 14.0. The molecule has 0 unspecified atom stereocenters. The van der Waals surface area contributed by atoms with Gasteiger partial charge < -0.3 is 20.7 Å². The molecule has 9 heteroatoms. The summed E-state index contributed by atoms with van der Waals surface area (Å²) in [6, 6.07) is 5.60. The van der Waals surface area contributed by atoms with E-state index in [0.717, 1.165) is 31.5 Å². The van der Waals surface area contributed by atoms with Gasteiger partial charge in [0.1, 0.15) is 5.75 Å². The first-order valence-electron chi connectivity index (χ1n) is 8.53. The summed E-state index contributed by atoms with van der Waals surface area (Å²) in [4.78, 5) is 6.66. The Bertz CT molecular complexity index is 546. The minimum Gasteiger partial charge on any atom is -0.406 e. The number of nitrogens with zero attached hydrogens (tertiary/aromatic N) is 2. The molecule has 5 nitrogen and oxygen atoms in total. The number of ether oxygens (including phenoxy) is 1. The molecule has 1 aromatic rings. The van der Waals surface area contributed by atoms with Crippen molar-refractivity contribution in [2.45, 2.75) is 38.6 Å². The standard InChI is InChI=1S/C17H25F3N4O.HI/c18-17(19,20)25-15-7-5-14(6-8-15)13-23-16(21)22-9-1-2-10-24-11-3-4-12-24;/h5-8H,1-4,9-13H2,(H3,21,22,23);1H. The first kappa shape index (κ1) is 22.8. The number of rotatable bonds is 8. The van der Waals surface area contributed by atoms with E-state index in [2.05, 4.69) is 19.9 Å². The number of unbranched alkanes of at least 4 members (excludes halogenated alkanes) is 1. The van der Waals surface area contributed by atoms with Crippen molar-refractivity contribution < 1.29 is 17.9 Å². The van der Waals surface area contributed by atoms with Crippen molar-refractivity contribution in [3.8, 4) is 5.75 Å². The Balaban J connectivity index is 0.00000338. The molecule has 2 rings (SSSR count). The normalized spacial score (nSPS) is 15.6. The predicted octanol–water partition coefficient (Wildman–Crippen LogP) is 3.48. The average Bonchev–Trinajstić information content (AvgIpc) is 3.06. The molecule has 0 radical (unpaired) electrons. The maximum atomic E-state index is 12.1. The first-order chi connectivity index (χ1) is 11.9. The van der Waals surface area contributed by atoms with E-state index in [0.29, 0.717) is 12.5 Å². The Morgan fingerprint density at radius 2 is 1.81 bits per heavy atom. The SMILES string of the molecule is I.NC(=NCc1ccc(OC(F)(F)F)cc1)NCCCCN1CCCC1. The molecule has 0 saturated carbocycles. The molecule has 0 spiro atoms. The molecule has 3 N–H and O–H groups in total. The Labute approximate surface area is 169 Å². The second-order valence-corrected chi connectivity index (χ2v) is 6.08. The van der Waals surface area contributed by atoms with Gasteiger partial charge in [-0.15, -0.1) is 37.1 Å². The third kappa shape index (κ3) is 9.46. The second-order valence-electron chi connectivity index (χ2n) is 6.08. The highest BCUT2D eigenvalue weighted by Crippen LogP contribution is 2.22. The number of aliphatic imine (C=N–C) groups is 1. The van der Waals surface area contributed by atoms with Gasteiger partial charge in [-0.2, -0.15) is 0 Å². The lowest BCUT2D eigenvalue weighted by Crippen LogP contribution is -2.32. The average molecular weight is 486 g/mol. The number of guanidine groups is 1. The van der Waals surface area contributed by atoms with E-state index in [4.69, 9.17) is 5.73 Å². The lowest BCUT2D eigenvalue weighted by molar-refractivity contribution is -0.274. The molecule has 1 aliphatic heterocycles. The van der Waals surface area contributed by atoms with E-state index in [9.17, 15) is 13.2 Å². The molecule has 1 fully saturated rings. The fraction of sp³-hybridized carbons (Fsp3) is 0.588. The number of nitrogens with two attached hydrogens (primary N) is 1. The molecule has 0 bridgehead atoms. The largest absolute Gasteiger partial charge is 0.573 e. The number of alkyl halides is 3. The van der Waals surface area contributed by atoms with Crippen LogP contribution in [0, 0.1) is 0 Å². The summed E-state index contributed by atoms with van der Waals surface area (Å²) in [7, 11) is 0. The van der Waals surface area contributed by atoms with Gasteiger partial charge in [0.15, 0.2) is 5.96 Å². The van der Waals surface area contributed by atoms with E-state index in [-0.39, 0.29) is 29.7 Å². The van der Waals surface area contributed by atoms with E-state index < -0.39 is 6.36 Å². The maximum absolute atomic E-state index is 12.1. The smallest absolute Gasteiger partial charge is 0.406 e. The molecular weight excluding hydrogens is 460 g/mol. The van der Waals surface area contributed by atoms with E-state index in [1.165, 1.54) is 50.2 Å². The highest BCUT2D eigenvalue weighted by atomic mass is 127. The number of halogens is 4. The first-order valence-corrected chi connectivity index (χ1v) is 8.53. The molecule has 1 heterocycles. The molecule has 1 aromatic carbocycles. The van der Waals surface area contributed by atoms with E-state index in [1.54, 1.807) is 0 Å².